The van der Waals surface area contributed by atoms with Gasteiger partial charge in [0.1, 0.15) is 0 Å². The number of carbonyl (C=O) groups is 1. The van der Waals surface area contributed by atoms with Gasteiger partial charge >= 0.3 is 0 Å². The SMILES string of the molecule is Cc1cc(=O)[nH]c2ccc(CC(=O)c3cc(S(=O)(=O)N(C)C)ccc3N3CCCC3C3=NCC=C3)cc12. The number of fused-ring (bicyclic) bond motifs is 1. The number of rotatable bonds is 7. The van der Waals surface area contributed by atoms with Crippen molar-refractivity contribution in [3.63, 3.8) is 0 Å². The fourth-order valence-electron chi connectivity index (χ4n) is 5.18. The van der Waals surface area contributed by atoms with Crippen molar-refractivity contribution in [2.45, 2.75) is 37.1 Å². The molecule has 0 amide bonds. The third kappa shape index (κ3) is 4.76. The van der Waals surface area contributed by atoms with Crippen LogP contribution in [0, 0.1) is 6.92 Å². The highest BCUT2D eigenvalue weighted by Gasteiger charge is 2.32. The number of carbonyl (C=O) groups excluding carboxylic acids is 1. The first kappa shape index (κ1) is 25.1. The minimum absolute atomic E-state index is 0.0572. The minimum Gasteiger partial charge on any atom is -0.362 e. The molecule has 2 aliphatic heterocycles. The summed E-state index contributed by atoms with van der Waals surface area (Å²) in [6, 6.07) is 12.0. The molecule has 37 heavy (non-hydrogen) atoms. The molecule has 2 aromatic carbocycles. The molecule has 0 radical (unpaired) electrons. The Bertz CT molecular complexity index is 1620. The second-order valence-electron chi connectivity index (χ2n) is 9.78. The van der Waals surface area contributed by atoms with Gasteiger partial charge in [0.25, 0.3) is 0 Å². The highest BCUT2D eigenvalue weighted by Crippen LogP contribution is 2.33. The Hall–Kier alpha value is -3.56. The average Bonchev–Trinajstić information content (AvgIpc) is 3.56. The summed E-state index contributed by atoms with van der Waals surface area (Å²) in [7, 11) is -0.760. The second-order valence-corrected chi connectivity index (χ2v) is 11.9. The monoisotopic (exact) mass is 518 g/mol. The van der Waals surface area contributed by atoms with Crippen LogP contribution >= 0.6 is 0 Å². The number of nitrogens with zero attached hydrogens (tertiary/aromatic N) is 3. The molecular formula is C28H30N4O4S. The van der Waals surface area contributed by atoms with Gasteiger partial charge in [0, 0.05) is 55.3 Å². The number of ketones is 1. The van der Waals surface area contributed by atoms with Gasteiger partial charge in [-0.15, -0.1) is 0 Å². The second kappa shape index (κ2) is 9.72. The number of aryl methyl sites for hydroxylation is 1. The molecule has 1 N–H and O–H groups in total. The largest absolute Gasteiger partial charge is 0.362 e. The summed E-state index contributed by atoms with van der Waals surface area (Å²) in [5.74, 6) is -0.165. The lowest BCUT2D eigenvalue weighted by molar-refractivity contribution is 0.0993. The molecule has 5 rings (SSSR count). The highest BCUT2D eigenvalue weighted by atomic mass is 32.2. The van der Waals surface area contributed by atoms with Crippen molar-refractivity contribution in [2.24, 2.45) is 4.99 Å². The zero-order chi connectivity index (χ0) is 26.3. The lowest BCUT2D eigenvalue weighted by atomic mass is 9.98. The number of Topliss-reactive ketones (excluding diaryl/α,β-unsaturated/α-hetero) is 1. The number of aromatic amines is 1. The van der Waals surface area contributed by atoms with Crippen LogP contribution in [0.5, 0.6) is 0 Å². The molecule has 1 aromatic heterocycles. The smallest absolute Gasteiger partial charge is 0.248 e. The van der Waals surface area contributed by atoms with E-state index < -0.39 is 10.0 Å². The molecule has 0 aliphatic carbocycles. The summed E-state index contributed by atoms with van der Waals surface area (Å²) in [6.45, 7) is 3.29. The van der Waals surface area contributed by atoms with Crippen LogP contribution in [-0.2, 0) is 16.4 Å². The van der Waals surface area contributed by atoms with E-state index in [0.717, 1.165) is 51.6 Å². The van der Waals surface area contributed by atoms with Gasteiger partial charge in [0.2, 0.25) is 15.6 Å². The van der Waals surface area contributed by atoms with E-state index in [0.29, 0.717) is 17.6 Å². The van der Waals surface area contributed by atoms with Gasteiger partial charge < -0.3 is 9.88 Å². The summed E-state index contributed by atoms with van der Waals surface area (Å²) in [5, 5.41) is 0.875. The number of aliphatic imine (C=N–C) groups is 1. The number of H-pyrrole nitrogens is 1. The Kier molecular flexibility index (Phi) is 6.59. The number of anilines is 1. The van der Waals surface area contributed by atoms with Crippen molar-refractivity contribution in [3.8, 4) is 0 Å². The maximum absolute atomic E-state index is 13.8. The van der Waals surface area contributed by atoms with Crippen molar-refractivity contribution >= 4 is 38.1 Å². The van der Waals surface area contributed by atoms with E-state index in [1.807, 2.05) is 31.2 Å². The van der Waals surface area contributed by atoms with Crippen LogP contribution < -0.4 is 10.5 Å². The first-order chi connectivity index (χ1) is 17.6. The predicted molar refractivity (Wildman–Crippen MR) is 146 cm³/mol. The van der Waals surface area contributed by atoms with E-state index in [2.05, 4.69) is 14.9 Å². The molecule has 8 nitrogen and oxygen atoms in total. The number of hydrogen-bond donors (Lipinski definition) is 1. The van der Waals surface area contributed by atoms with Gasteiger partial charge in [0.15, 0.2) is 5.78 Å². The first-order valence-electron chi connectivity index (χ1n) is 12.3. The van der Waals surface area contributed by atoms with E-state index in [1.165, 1.54) is 26.2 Å². The van der Waals surface area contributed by atoms with Crippen LogP contribution in [0.1, 0.15) is 34.3 Å². The average molecular weight is 519 g/mol. The topological polar surface area (TPSA) is 103 Å². The lowest BCUT2D eigenvalue weighted by Crippen LogP contribution is -2.36. The van der Waals surface area contributed by atoms with Gasteiger partial charge in [0.05, 0.1) is 23.2 Å². The minimum atomic E-state index is -3.72. The molecule has 9 heteroatoms. The van der Waals surface area contributed by atoms with Gasteiger partial charge in [-0.25, -0.2) is 12.7 Å². The van der Waals surface area contributed by atoms with Crippen LogP contribution in [0.4, 0.5) is 5.69 Å². The zero-order valence-electron chi connectivity index (χ0n) is 21.2. The number of sulfonamides is 1. The van der Waals surface area contributed by atoms with Gasteiger partial charge in [-0.05, 0) is 67.3 Å². The lowest BCUT2D eigenvalue weighted by Gasteiger charge is -2.29. The number of hydrogen-bond acceptors (Lipinski definition) is 6. The van der Waals surface area contributed by atoms with Crippen LogP contribution in [-0.4, -0.2) is 62.4 Å². The fourth-order valence-corrected chi connectivity index (χ4v) is 6.11. The van der Waals surface area contributed by atoms with Crippen molar-refractivity contribution in [2.75, 3.05) is 32.1 Å². The van der Waals surface area contributed by atoms with Crippen molar-refractivity contribution < 1.29 is 13.2 Å². The molecule has 0 spiro atoms. The van der Waals surface area contributed by atoms with E-state index in [1.54, 1.807) is 18.2 Å². The van der Waals surface area contributed by atoms with E-state index in [4.69, 9.17) is 0 Å². The molecule has 1 saturated heterocycles. The Labute approximate surface area is 216 Å². The van der Waals surface area contributed by atoms with Crippen LogP contribution in [0.2, 0.25) is 0 Å². The van der Waals surface area contributed by atoms with Gasteiger partial charge in [-0.2, -0.15) is 0 Å². The standard InChI is InChI=1S/C28H30N4O4S/c1-18-14-28(34)30-23-10-8-19(15-21(18)23)16-27(33)22-17-20(37(35,36)31(2)3)9-11-25(22)32-13-5-7-26(32)24-6-4-12-29-24/h4,6,8-11,14-15,17,26H,5,7,12-13,16H2,1-3H3,(H,30,34). The molecule has 3 aromatic rings. The Morgan fingerprint density at radius 1 is 1.16 bits per heavy atom. The maximum Gasteiger partial charge on any atom is 0.248 e. The molecule has 0 saturated carbocycles. The van der Waals surface area contributed by atoms with Crippen molar-refractivity contribution in [3.05, 3.63) is 81.7 Å². The molecule has 192 valence electrons. The fraction of sp³-hybridized carbons (Fsp3) is 0.321. The van der Waals surface area contributed by atoms with E-state index in [9.17, 15) is 18.0 Å². The van der Waals surface area contributed by atoms with Crippen LogP contribution in [0.15, 0.2) is 69.3 Å². The summed E-state index contributed by atoms with van der Waals surface area (Å²) in [5.41, 5.74) is 4.29. The predicted octanol–water partition coefficient (Wildman–Crippen LogP) is 3.49. The van der Waals surface area contributed by atoms with Gasteiger partial charge in [-0.3, -0.25) is 14.6 Å². The van der Waals surface area contributed by atoms with Gasteiger partial charge in [-0.1, -0.05) is 12.1 Å². The summed E-state index contributed by atoms with van der Waals surface area (Å²) in [6.07, 6.45) is 6.06. The third-order valence-corrected chi connectivity index (χ3v) is 8.91. The van der Waals surface area contributed by atoms with E-state index in [-0.39, 0.29) is 28.7 Å². The maximum atomic E-state index is 13.8. The Morgan fingerprint density at radius 3 is 2.70 bits per heavy atom. The normalized spacial score (nSPS) is 17.7. The quantitative estimate of drug-likeness (QED) is 0.483. The van der Waals surface area contributed by atoms with Crippen molar-refractivity contribution in [1.82, 2.24) is 9.29 Å². The van der Waals surface area contributed by atoms with E-state index >= 15 is 0 Å². The first-order valence-corrected chi connectivity index (χ1v) is 13.8. The molecule has 1 fully saturated rings. The Morgan fingerprint density at radius 2 is 1.97 bits per heavy atom. The number of benzene rings is 2. The van der Waals surface area contributed by atoms with Crippen molar-refractivity contribution in [1.29, 1.82) is 0 Å². The van der Waals surface area contributed by atoms with Crippen LogP contribution in [0.3, 0.4) is 0 Å². The summed E-state index contributed by atoms with van der Waals surface area (Å²) < 4.78 is 27.0. The third-order valence-electron chi connectivity index (χ3n) is 7.10. The molecule has 0 bridgehead atoms. The summed E-state index contributed by atoms with van der Waals surface area (Å²) >= 11 is 0. The summed E-state index contributed by atoms with van der Waals surface area (Å²) in [4.78, 5) is 35.3. The highest BCUT2D eigenvalue weighted by molar-refractivity contribution is 7.89. The molecular weight excluding hydrogens is 488 g/mol. The molecule has 1 unspecified atom stereocenters. The molecule has 3 heterocycles. The number of pyridine rings is 1. The molecule has 2 aliphatic rings. The van der Waals surface area contributed by atoms with Crippen LogP contribution in [0.25, 0.3) is 10.9 Å². The molecule has 1 atom stereocenters. The zero-order valence-corrected chi connectivity index (χ0v) is 22.0. The Balaban J connectivity index is 1.56. The number of nitrogens with one attached hydrogen (secondary N) is 1. The number of aromatic nitrogens is 1.